The first kappa shape index (κ1) is 13.7. The van der Waals surface area contributed by atoms with Crippen LogP contribution < -0.4 is 4.74 Å². The van der Waals surface area contributed by atoms with Crippen LogP contribution in [0.3, 0.4) is 0 Å². The van der Waals surface area contributed by atoms with Crippen molar-refractivity contribution in [3.8, 4) is 5.75 Å². The first-order valence-electron chi connectivity index (χ1n) is 7.23. The van der Waals surface area contributed by atoms with E-state index in [1.54, 1.807) is 4.90 Å². The van der Waals surface area contributed by atoms with Gasteiger partial charge in [-0.3, -0.25) is 4.79 Å². The van der Waals surface area contributed by atoms with Gasteiger partial charge in [-0.05, 0) is 24.1 Å². The molecule has 0 saturated heterocycles. The monoisotopic (exact) mass is 281 g/mol. The summed E-state index contributed by atoms with van der Waals surface area (Å²) in [6, 6.07) is 17.9. The third-order valence-electron chi connectivity index (χ3n) is 4.13. The van der Waals surface area contributed by atoms with Gasteiger partial charge in [0, 0.05) is 13.5 Å². The largest absolute Gasteiger partial charge is 0.480 e. The lowest BCUT2D eigenvalue weighted by atomic mass is 10.1. The van der Waals surface area contributed by atoms with E-state index in [2.05, 4.69) is 0 Å². The minimum atomic E-state index is -0.404. The summed E-state index contributed by atoms with van der Waals surface area (Å²) in [5.41, 5.74) is 2.24. The van der Waals surface area contributed by atoms with Crippen LogP contribution in [0.4, 0.5) is 0 Å². The molecule has 21 heavy (non-hydrogen) atoms. The number of nitrogens with zero attached hydrogens (tertiary/aromatic N) is 1. The summed E-state index contributed by atoms with van der Waals surface area (Å²) in [5, 5.41) is 0. The number of rotatable bonds is 3. The van der Waals surface area contributed by atoms with Crippen molar-refractivity contribution in [2.45, 2.75) is 25.5 Å². The van der Waals surface area contributed by atoms with Crippen molar-refractivity contribution in [2.24, 2.45) is 0 Å². The van der Waals surface area contributed by atoms with Gasteiger partial charge in [0.1, 0.15) is 5.75 Å². The average molecular weight is 281 g/mol. The molecule has 2 aromatic carbocycles. The second-order valence-corrected chi connectivity index (χ2v) is 5.45. The summed E-state index contributed by atoms with van der Waals surface area (Å²) < 4.78 is 5.78. The Morgan fingerprint density at radius 3 is 2.52 bits per heavy atom. The van der Waals surface area contributed by atoms with Crippen molar-refractivity contribution in [3.05, 3.63) is 65.7 Å². The lowest BCUT2D eigenvalue weighted by Gasteiger charge is -2.27. The number of carbonyl (C=O) groups is 1. The molecule has 0 spiro atoms. The lowest BCUT2D eigenvalue weighted by Crippen LogP contribution is -2.40. The predicted octanol–water partition coefficient (Wildman–Crippen LogP) is 3.21. The molecule has 2 aromatic rings. The number of fused-ring (bicyclic) bond motifs is 1. The van der Waals surface area contributed by atoms with Gasteiger partial charge >= 0.3 is 0 Å². The van der Waals surface area contributed by atoms with Crippen molar-refractivity contribution in [2.75, 3.05) is 7.05 Å². The highest BCUT2D eigenvalue weighted by atomic mass is 16.5. The summed E-state index contributed by atoms with van der Waals surface area (Å²) in [5.74, 6) is 0.860. The molecule has 3 rings (SSSR count). The van der Waals surface area contributed by atoms with Gasteiger partial charge in [-0.25, -0.2) is 0 Å². The van der Waals surface area contributed by atoms with E-state index >= 15 is 0 Å². The smallest absolute Gasteiger partial charge is 0.264 e. The van der Waals surface area contributed by atoms with E-state index in [9.17, 15) is 4.79 Å². The molecular formula is C18H19NO2. The second-order valence-electron chi connectivity index (χ2n) is 5.45. The first-order chi connectivity index (χ1) is 10.2. The first-order valence-corrected chi connectivity index (χ1v) is 7.23. The minimum absolute atomic E-state index is 0.0301. The quantitative estimate of drug-likeness (QED) is 0.864. The van der Waals surface area contributed by atoms with Crippen LogP contribution in [0.25, 0.3) is 0 Å². The van der Waals surface area contributed by atoms with Gasteiger partial charge < -0.3 is 9.64 Å². The van der Waals surface area contributed by atoms with Crippen LogP contribution in [0.5, 0.6) is 5.75 Å². The molecule has 3 heteroatoms. The number of amides is 1. The second kappa shape index (κ2) is 5.60. The number of hydrogen-bond acceptors (Lipinski definition) is 2. The highest BCUT2D eigenvalue weighted by Gasteiger charge is 2.32. The van der Waals surface area contributed by atoms with E-state index in [-0.39, 0.29) is 11.9 Å². The van der Waals surface area contributed by atoms with Crippen molar-refractivity contribution < 1.29 is 9.53 Å². The molecule has 0 aliphatic carbocycles. The molecule has 2 atom stereocenters. The molecular weight excluding hydrogens is 262 g/mol. The Labute approximate surface area is 125 Å². The highest BCUT2D eigenvalue weighted by Crippen LogP contribution is 2.30. The third kappa shape index (κ3) is 2.64. The molecule has 108 valence electrons. The summed E-state index contributed by atoms with van der Waals surface area (Å²) in [6.45, 7) is 2.04. The number of hydrogen-bond donors (Lipinski definition) is 0. The number of para-hydroxylation sites is 1. The van der Waals surface area contributed by atoms with Crippen LogP contribution in [0.2, 0.25) is 0 Å². The fourth-order valence-corrected chi connectivity index (χ4v) is 2.69. The fourth-order valence-electron chi connectivity index (χ4n) is 2.69. The zero-order valence-electron chi connectivity index (χ0n) is 12.3. The predicted molar refractivity (Wildman–Crippen MR) is 82.2 cm³/mol. The Hall–Kier alpha value is -2.29. The summed E-state index contributed by atoms with van der Waals surface area (Å²) in [7, 11) is 1.84. The molecule has 0 radical (unpaired) electrons. The zero-order chi connectivity index (χ0) is 14.8. The van der Waals surface area contributed by atoms with Crippen LogP contribution in [-0.2, 0) is 11.2 Å². The van der Waals surface area contributed by atoms with Crippen molar-refractivity contribution >= 4 is 5.91 Å². The van der Waals surface area contributed by atoms with E-state index in [0.717, 1.165) is 16.9 Å². The number of likely N-dealkylation sites (N-methyl/N-ethyl adjacent to an activating group) is 1. The molecule has 0 fully saturated rings. The molecule has 1 aliphatic heterocycles. The van der Waals surface area contributed by atoms with Crippen LogP contribution in [0.1, 0.15) is 24.1 Å². The molecule has 1 amide bonds. The van der Waals surface area contributed by atoms with Crippen molar-refractivity contribution in [1.29, 1.82) is 0 Å². The minimum Gasteiger partial charge on any atom is -0.480 e. The number of carbonyl (C=O) groups excluding carboxylic acids is 1. The molecule has 0 bridgehead atoms. The zero-order valence-corrected chi connectivity index (χ0v) is 12.3. The van der Waals surface area contributed by atoms with Gasteiger partial charge in [-0.1, -0.05) is 48.5 Å². The van der Waals surface area contributed by atoms with Crippen molar-refractivity contribution in [3.63, 3.8) is 0 Å². The maximum absolute atomic E-state index is 12.6. The molecule has 0 unspecified atom stereocenters. The topological polar surface area (TPSA) is 29.5 Å². The van der Waals surface area contributed by atoms with Gasteiger partial charge in [0.05, 0.1) is 6.04 Å². The molecule has 0 saturated carbocycles. The van der Waals surface area contributed by atoms with Gasteiger partial charge in [-0.15, -0.1) is 0 Å². The Bertz CT molecular complexity index is 614. The molecule has 3 nitrogen and oxygen atoms in total. The van der Waals surface area contributed by atoms with E-state index in [0.29, 0.717) is 6.42 Å². The normalized spacial score (nSPS) is 17.7. The van der Waals surface area contributed by atoms with Gasteiger partial charge in [-0.2, -0.15) is 0 Å². The average Bonchev–Trinajstić information content (AvgIpc) is 2.97. The van der Waals surface area contributed by atoms with E-state index in [4.69, 9.17) is 4.74 Å². The van der Waals surface area contributed by atoms with Crippen LogP contribution >= 0.6 is 0 Å². The molecule has 1 heterocycles. The van der Waals surface area contributed by atoms with Gasteiger partial charge in [0.25, 0.3) is 5.91 Å². The SMILES string of the molecule is C[C@@H](c1ccccc1)N(C)C(=O)[C@@H]1Cc2ccccc2O1. The van der Waals surface area contributed by atoms with Gasteiger partial charge in [0.15, 0.2) is 6.10 Å². The van der Waals surface area contributed by atoms with Crippen LogP contribution in [-0.4, -0.2) is 24.0 Å². The maximum atomic E-state index is 12.6. The maximum Gasteiger partial charge on any atom is 0.264 e. The van der Waals surface area contributed by atoms with E-state index < -0.39 is 6.10 Å². The van der Waals surface area contributed by atoms with Crippen LogP contribution in [0, 0.1) is 0 Å². The van der Waals surface area contributed by atoms with E-state index in [1.807, 2.05) is 68.6 Å². The Kier molecular flexibility index (Phi) is 3.65. The number of benzene rings is 2. The van der Waals surface area contributed by atoms with Crippen molar-refractivity contribution in [1.82, 2.24) is 4.90 Å². The standard InChI is InChI=1S/C18H19NO2/c1-13(14-8-4-3-5-9-14)19(2)18(20)17-12-15-10-6-7-11-16(15)21-17/h3-11,13,17H,12H2,1-2H3/t13-,17-/m0/s1. The Balaban J connectivity index is 1.72. The summed E-state index contributed by atoms with van der Waals surface area (Å²) >= 11 is 0. The highest BCUT2D eigenvalue weighted by molar-refractivity contribution is 5.82. The fraction of sp³-hybridized carbons (Fsp3) is 0.278. The number of ether oxygens (including phenoxy) is 1. The molecule has 0 N–H and O–H groups in total. The summed E-state index contributed by atoms with van der Waals surface area (Å²) in [4.78, 5) is 14.4. The third-order valence-corrected chi connectivity index (χ3v) is 4.13. The Morgan fingerprint density at radius 2 is 1.81 bits per heavy atom. The van der Waals surface area contributed by atoms with Crippen LogP contribution in [0.15, 0.2) is 54.6 Å². The lowest BCUT2D eigenvalue weighted by molar-refractivity contribution is -0.138. The van der Waals surface area contributed by atoms with E-state index in [1.165, 1.54) is 0 Å². The summed E-state index contributed by atoms with van der Waals surface area (Å²) in [6.07, 6.45) is 0.250. The molecule has 1 aliphatic rings. The Morgan fingerprint density at radius 1 is 1.14 bits per heavy atom. The van der Waals surface area contributed by atoms with Gasteiger partial charge in [0.2, 0.25) is 0 Å². The molecule has 0 aromatic heterocycles.